The first kappa shape index (κ1) is 18.1. The number of rotatable bonds is 1. The molecule has 1 nitrogen and oxygen atoms in total. The smallest absolute Gasteiger partial charge is 0.132 e. The molecule has 2 aromatic rings. The van der Waals surface area contributed by atoms with E-state index in [0.29, 0.717) is 5.92 Å². The molecule has 2 unspecified atom stereocenters. The number of para-hydroxylation sites is 1. The van der Waals surface area contributed by atoms with Crippen LogP contribution in [0, 0.1) is 0 Å². The van der Waals surface area contributed by atoms with Crippen molar-refractivity contribution in [3.8, 4) is 16.9 Å². The molecule has 0 amide bonds. The lowest BCUT2D eigenvalue weighted by atomic mass is 9.72. The van der Waals surface area contributed by atoms with Gasteiger partial charge in [0.1, 0.15) is 11.9 Å². The van der Waals surface area contributed by atoms with Crippen LogP contribution in [0.5, 0.6) is 5.75 Å². The third kappa shape index (κ3) is 3.04. The van der Waals surface area contributed by atoms with Gasteiger partial charge in [-0.2, -0.15) is 0 Å². The molecule has 0 bridgehead atoms. The minimum atomic E-state index is 0.0487. The molecule has 2 aliphatic rings. The third-order valence-corrected chi connectivity index (χ3v) is 5.66. The van der Waals surface area contributed by atoms with Gasteiger partial charge in [-0.15, -0.1) is 0 Å². The van der Waals surface area contributed by atoms with Gasteiger partial charge in [0.15, 0.2) is 0 Å². The maximum Gasteiger partial charge on any atom is 0.132 e. The van der Waals surface area contributed by atoms with Gasteiger partial charge >= 0.3 is 0 Å². The largest absolute Gasteiger partial charge is 0.484 e. The van der Waals surface area contributed by atoms with Crippen LogP contribution >= 0.6 is 0 Å². The number of benzene rings is 2. The highest BCUT2D eigenvalue weighted by atomic mass is 16.5. The van der Waals surface area contributed by atoms with Gasteiger partial charge in [0.05, 0.1) is 0 Å². The Kier molecular flexibility index (Phi) is 4.10. The van der Waals surface area contributed by atoms with Crippen LogP contribution < -0.4 is 4.74 Å². The zero-order valence-electron chi connectivity index (χ0n) is 17.3. The molecule has 0 saturated heterocycles. The third-order valence-electron chi connectivity index (χ3n) is 5.66. The second-order valence-corrected chi connectivity index (χ2v) is 9.83. The Morgan fingerprint density at radius 1 is 0.741 bits per heavy atom. The average Bonchev–Trinajstić information content (AvgIpc) is 2.98. The summed E-state index contributed by atoms with van der Waals surface area (Å²) in [5, 5.41) is 0. The fraction of sp³-hybridized carbons (Fsp3) is 0.385. The Morgan fingerprint density at radius 3 is 2.11 bits per heavy atom. The maximum atomic E-state index is 6.45. The van der Waals surface area contributed by atoms with Crippen molar-refractivity contribution in [3.63, 3.8) is 0 Å². The van der Waals surface area contributed by atoms with Crippen LogP contribution in [0.3, 0.4) is 0 Å². The van der Waals surface area contributed by atoms with E-state index in [4.69, 9.17) is 4.74 Å². The van der Waals surface area contributed by atoms with E-state index < -0.39 is 0 Å². The highest BCUT2D eigenvalue weighted by molar-refractivity contribution is 5.78. The van der Waals surface area contributed by atoms with Crippen molar-refractivity contribution in [2.75, 3.05) is 0 Å². The summed E-state index contributed by atoms with van der Waals surface area (Å²) >= 11 is 0. The fourth-order valence-electron chi connectivity index (χ4n) is 4.49. The lowest BCUT2D eigenvalue weighted by molar-refractivity contribution is 0.270. The normalized spacial score (nSPS) is 21.0. The van der Waals surface area contributed by atoms with E-state index in [1.54, 1.807) is 0 Å². The Balaban J connectivity index is 1.96. The van der Waals surface area contributed by atoms with E-state index >= 15 is 0 Å². The summed E-state index contributed by atoms with van der Waals surface area (Å²) in [7, 11) is 0. The molecule has 0 fully saturated rings. The van der Waals surface area contributed by atoms with Crippen LogP contribution in [-0.4, -0.2) is 6.10 Å². The summed E-state index contributed by atoms with van der Waals surface area (Å²) in [6.07, 6.45) is 8.78. The van der Waals surface area contributed by atoms with Crippen molar-refractivity contribution in [1.29, 1.82) is 0 Å². The van der Waals surface area contributed by atoms with E-state index in [-0.39, 0.29) is 16.9 Å². The van der Waals surface area contributed by atoms with Crippen molar-refractivity contribution in [3.05, 3.63) is 77.4 Å². The minimum absolute atomic E-state index is 0.0487. The van der Waals surface area contributed by atoms with E-state index in [1.807, 2.05) is 0 Å². The summed E-state index contributed by atoms with van der Waals surface area (Å²) in [5.41, 5.74) is 6.82. The molecule has 1 aliphatic heterocycles. The monoisotopic (exact) mass is 358 g/mol. The number of hydrogen-bond acceptors (Lipinski definition) is 1. The molecule has 0 spiro atoms. The second kappa shape index (κ2) is 6.12. The predicted octanol–water partition coefficient (Wildman–Crippen LogP) is 6.92. The highest BCUT2D eigenvalue weighted by Gasteiger charge is 2.35. The van der Waals surface area contributed by atoms with E-state index in [1.165, 1.54) is 27.8 Å². The van der Waals surface area contributed by atoms with Crippen molar-refractivity contribution >= 4 is 0 Å². The minimum Gasteiger partial charge on any atom is -0.484 e. The number of ether oxygens (including phenoxy) is 1. The lowest BCUT2D eigenvalue weighted by Gasteiger charge is -2.32. The topological polar surface area (TPSA) is 9.23 Å². The van der Waals surface area contributed by atoms with Crippen molar-refractivity contribution in [2.45, 2.75) is 64.4 Å². The first-order valence-electron chi connectivity index (χ1n) is 9.97. The van der Waals surface area contributed by atoms with E-state index in [0.717, 1.165) is 5.75 Å². The van der Waals surface area contributed by atoms with Gasteiger partial charge in [0.2, 0.25) is 0 Å². The number of hydrogen-bond donors (Lipinski definition) is 0. The van der Waals surface area contributed by atoms with Crippen molar-refractivity contribution < 1.29 is 4.74 Å². The Labute approximate surface area is 163 Å². The number of fused-ring (bicyclic) bond motifs is 3. The molecular weight excluding hydrogens is 328 g/mol. The summed E-state index contributed by atoms with van der Waals surface area (Å²) in [5.74, 6) is 1.38. The van der Waals surface area contributed by atoms with Gasteiger partial charge in [-0.3, -0.25) is 0 Å². The van der Waals surface area contributed by atoms with E-state index in [2.05, 4.69) is 102 Å². The average molecular weight is 359 g/mol. The quantitative estimate of drug-likeness (QED) is 0.537. The molecule has 4 rings (SSSR count). The maximum absolute atomic E-state index is 6.45. The van der Waals surface area contributed by atoms with Gasteiger partial charge in [0.25, 0.3) is 0 Å². The van der Waals surface area contributed by atoms with Gasteiger partial charge in [-0.05, 0) is 33.6 Å². The zero-order chi connectivity index (χ0) is 19.4. The van der Waals surface area contributed by atoms with Crippen LogP contribution in [0.15, 0.2) is 60.7 Å². The first-order valence-corrected chi connectivity index (χ1v) is 9.97. The molecular formula is C26H30O. The molecule has 27 heavy (non-hydrogen) atoms. The van der Waals surface area contributed by atoms with Crippen molar-refractivity contribution in [1.82, 2.24) is 0 Å². The molecule has 0 saturated carbocycles. The van der Waals surface area contributed by atoms with Gasteiger partial charge in [-0.25, -0.2) is 0 Å². The van der Waals surface area contributed by atoms with Crippen molar-refractivity contribution in [2.24, 2.45) is 0 Å². The predicted molar refractivity (Wildman–Crippen MR) is 115 cm³/mol. The molecule has 1 heteroatoms. The lowest BCUT2D eigenvalue weighted by Crippen LogP contribution is -2.23. The summed E-state index contributed by atoms with van der Waals surface area (Å²) in [4.78, 5) is 0. The fourth-order valence-corrected chi connectivity index (χ4v) is 4.49. The summed E-state index contributed by atoms with van der Waals surface area (Å²) in [6.45, 7) is 13.9. The van der Waals surface area contributed by atoms with Crippen LogP contribution in [0.2, 0.25) is 0 Å². The van der Waals surface area contributed by atoms with Crippen LogP contribution in [-0.2, 0) is 10.8 Å². The first-order chi connectivity index (χ1) is 12.7. The van der Waals surface area contributed by atoms with Gasteiger partial charge in [-0.1, -0.05) is 96.2 Å². The molecule has 0 radical (unpaired) electrons. The van der Waals surface area contributed by atoms with E-state index in [9.17, 15) is 0 Å². The molecule has 1 heterocycles. The molecule has 1 aliphatic carbocycles. The summed E-state index contributed by atoms with van der Waals surface area (Å²) in [6, 6.07) is 13.4. The molecule has 140 valence electrons. The molecule has 0 aromatic heterocycles. The standard InChI is InChI=1S/C26H30O/c1-25(2,3)21-15-10-12-18(23(21)26(4,5)6)20-14-9-13-19-17-11-7-8-16-22(17)27-24(19)20/h7-17,22H,1-6H3. The zero-order valence-corrected chi connectivity index (χ0v) is 17.3. The molecule has 2 atom stereocenters. The highest BCUT2D eigenvalue weighted by Crippen LogP contribution is 2.49. The van der Waals surface area contributed by atoms with Gasteiger partial charge < -0.3 is 4.74 Å². The molecule has 0 N–H and O–H groups in total. The SMILES string of the molecule is CC(C)(C)c1cccc(-c2cccc3c2OC2C=CC=CC32)c1C(C)(C)C. The summed E-state index contributed by atoms with van der Waals surface area (Å²) < 4.78 is 6.45. The van der Waals surface area contributed by atoms with Crippen LogP contribution in [0.1, 0.15) is 64.2 Å². The Hall–Kier alpha value is -2.28. The number of allylic oxidation sites excluding steroid dienone is 2. The van der Waals surface area contributed by atoms with Crippen LogP contribution in [0.25, 0.3) is 11.1 Å². The van der Waals surface area contributed by atoms with Gasteiger partial charge in [0, 0.05) is 17.0 Å². The second-order valence-electron chi connectivity index (χ2n) is 9.83. The Morgan fingerprint density at radius 2 is 1.41 bits per heavy atom. The molecule has 2 aromatic carbocycles. The Bertz CT molecular complexity index is 932. The van der Waals surface area contributed by atoms with Crippen LogP contribution in [0.4, 0.5) is 0 Å².